The van der Waals surface area contributed by atoms with Gasteiger partial charge in [0.15, 0.2) is 0 Å². The third-order valence-corrected chi connectivity index (χ3v) is 5.93. The molecule has 2 aliphatic heterocycles. The zero-order valence-corrected chi connectivity index (χ0v) is 17.6. The van der Waals surface area contributed by atoms with Gasteiger partial charge in [0.05, 0.1) is 19.5 Å². The van der Waals surface area contributed by atoms with Gasteiger partial charge in [-0.1, -0.05) is 23.4 Å². The van der Waals surface area contributed by atoms with Gasteiger partial charge in [-0.3, -0.25) is 4.79 Å². The van der Waals surface area contributed by atoms with E-state index < -0.39 is 0 Å². The molecule has 7 nitrogen and oxygen atoms in total. The first-order chi connectivity index (χ1) is 15.7. The lowest BCUT2D eigenvalue weighted by Gasteiger charge is -2.39. The highest BCUT2D eigenvalue weighted by Gasteiger charge is 2.32. The van der Waals surface area contributed by atoms with Crippen molar-refractivity contribution in [3.63, 3.8) is 0 Å². The predicted molar refractivity (Wildman–Crippen MR) is 114 cm³/mol. The highest BCUT2D eigenvalue weighted by atomic mass is 19.1. The summed E-state index contributed by atoms with van der Waals surface area (Å²) in [6.45, 7) is 2.44. The Bertz CT molecular complexity index is 1070. The van der Waals surface area contributed by atoms with Crippen LogP contribution in [0.3, 0.4) is 0 Å². The number of likely N-dealkylation sites (tertiary alicyclic amines) is 1. The van der Waals surface area contributed by atoms with Crippen LogP contribution in [-0.2, 0) is 16.0 Å². The Hall–Kier alpha value is -3.26. The van der Waals surface area contributed by atoms with Crippen LogP contribution in [0.2, 0.25) is 0 Å². The third kappa shape index (κ3) is 4.50. The van der Waals surface area contributed by atoms with Gasteiger partial charge in [-0.15, -0.1) is 0 Å². The van der Waals surface area contributed by atoms with Gasteiger partial charge in [-0.25, -0.2) is 4.39 Å². The maximum Gasteiger partial charge on any atom is 0.230 e. The van der Waals surface area contributed by atoms with Crippen LogP contribution in [-0.4, -0.2) is 53.4 Å². The molecule has 0 bridgehead atoms. The Kier molecular flexibility index (Phi) is 5.85. The van der Waals surface area contributed by atoms with Gasteiger partial charge in [0.25, 0.3) is 0 Å². The number of aromatic nitrogens is 2. The second-order valence-electron chi connectivity index (χ2n) is 8.17. The van der Waals surface area contributed by atoms with E-state index in [4.69, 9.17) is 14.0 Å². The van der Waals surface area contributed by atoms with Crippen LogP contribution in [0.15, 0.2) is 53.1 Å². The van der Waals surface area contributed by atoms with E-state index in [-0.39, 0.29) is 30.2 Å². The maximum absolute atomic E-state index is 13.7. The smallest absolute Gasteiger partial charge is 0.230 e. The Labute approximate surface area is 185 Å². The molecule has 3 aromatic rings. The summed E-state index contributed by atoms with van der Waals surface area (Å²) in [5.74, 6) is 1.76. The van der Waals surface area contributed by atoms with Crippen molar-refractivity contribution < 1.29 is 23.2 Å². The molecule has 1 amide bonds. The summed E-state index contributed by atoms with van der Waals surface area (Å²) >= 11 is 0. The summed E-state index contributed by atoms with van der Waals surface area (Å²) in [7, 11) is 0. The molecule has 0 radical (unpaired) electrons. The minimum absolute atomic E-state index is 0.0641. The minimum atomic E-state index is -0.351. The van der Waals surface area contributed by atoms with Crippen LogP contribution in [0.25, 0.3) is 11.4 Å². The standard InChI is InChI=1S/C24H24FN3O4/c25-21-4-2-1-3-18(21)13-22(29)28-14-20(15-28)31-19-7-5-16(6-8-19)23-26-24(32-27-23)17-9-11-30-12-10-17/h1-8,17,20H,9-15H2. The predicted octanol–water partition coefficient (Wildman–Crippen LogP) is 3.60. The van der Waals surface area contributed by atoms with Gasteiger partial charge in [0.2, 0.25) is 17.6 Å². The number of amides is 1. The lowest BCUT2D eigenvalue weighted by Crippen LogP contribution is -2.56. The molecule has 0 saturated carbocycles. The summed E-state index contributed by atoms with van der Waals surface area (Å²) < 4.78 is 30.5. The van der Waals surface area contributed by atoms with Crippen LogP contribution < -0.4 is 4.74 Å². The largest absolute Gasteiger partial charge is 0.487 e. The summed E-state index contributed by atoms with van der Waals surface area (Å²) in [4.78, 5) is 18.6. The molecule has 8 heteroatoms. The van der Waals surface area contributed by atoms with Gasteiger partial charge < -0.3 is 18.9 Å². The summed E-state index contributed by atoms with van der Waals surface area (Å²) in [5.41, 5.74) is 1.27. The number of carbonyl (C=O) groups excluding carboxylic acids is 1. The first kappa shape index (κ1) is 20.6. The number of nitrogens with zero attached hydrogens (tertiary/aromatic N) is 3. The third-order valence-electron chi connectivity index (χ3n) is 5.93. The van der Waals surface area contributed by atoms with E-state index in [9.17, 15) is 9.18 Å². The molecule has 1 aromatic heterocycles. The molecule has 2 saturated heterocycles. The number of hydrogen-bond donors (Lipinski definition) is 0. The molecule has 2 fully saturated rings. The van der Waals surface area contributed by atoms with E-state index >= 15 is 0 Å². The van der Waals surface area contributed by atoms with Crippen molar-refractivity contribution in [2.75, 3.05) is 26.3 Å². The first-order valence-corrected chi connectivity index (χ1v) is 10.9. The summed E-state index contributed by atoms with van der Waals surface area (Å²) in [6.07, 6.45) is 1.79. The molecule has 166 valence electrons. The van der Waals surface area contributed by atoms with Crippen LogP contribution in [0.4, 0.5) is 4.39 Å². The number of hydrogen-bond acceptors (Lipinski definition) is 6. The van der Waals surface area contributed by atoms with Gasteiger partial charge in [0.1, 0.15) is 17.7 Å². The number of ether oxygens (including phenoxy) is 2. The van der Waals surface area contributed by atoms with Gasteiger partial charge >= 0.3 is 0 Å². The van der Waals surface area contributed by atoms with E-state index in [0.717, 1.165) is 31.6 Å². The fourth-order valence-electron chi connectivity index (χ4n) is 3.97. The van der Waals surface area contributed by atoms with E-state index in [2.05, 4.69) is 10.1 Å². The van der Waals surface area contributed by atoms with Crippen LogP contribution >= 0.6 is 0 Å². The van der Waals surface area contributed by atoms with E-state index in [1.165, 1.54) is 6.07 Å². The fraction of sp³-hybridized carbons (Fsp3) is 0.375. The van der Waals surface area contributed by atoms with Crippen molar-refractivity contribution in [3.8, 4) is 17.1 Å². The molecule has 0 N–H and O–H groups in total. The number of halogens is 1. The lowest BCUT2D eigenvalue weighted by molar-refractivity contribution is -0.139. The van der Waals surface area contributed by atoms with Crippen LogP contribution in [0, 0.1) is 5.82 Å². The molecule has 0 unspecified atom stereocenters. The first-order valence-electron chi connectivity index (χ1n) is 10.9. The summed E-state index contributed by atoms with van der Waals surface area (Å²) in [5, 5.41) is 4.11. The molecule has 2 aliphatic rings. The van der Waals surface area contributed by atoms with E-state index in [0.29, 0.717) is 36.1 Å². The molecular weight excluding hydrogens is 413 g/mol. The van der Waals surface area contributed by atoms with Gasteiger partial charge in [-0.2, -0.15) is 4.98 Å². The Morgan fingerprint density at radius 3 is 2.59 bits per heavy atom. The molecular formula is C24H24FN3O4. The molecule has 2 aromatic carbocycles. The number of benzene rings is 2. The van der Waals surface area contributed by atoms with Crippen LogP contribution in [0.5, 0.6) is 5.75 Å². The Morgan fingerprint density at radius 2 is 1.84 bits per heavy atom. The normalized spacial score (nSPS) is 17.2. The molecule has 32 heavy (non-hydrogen) atoms. The monoisotopic (exact) mass is 437 g/mol. The highest BCUT2D eigenvalue weighted by molar-refractivity contribution is 5.79. The second kappa shape index (κ2) is 9.08. The van der Waals surface area contributed by atoms with Crippen molar-refractivity contribution in [2.45, 2.75) is 31.3 Å². The zero-order valence-electron chi connectivity index (χ0n) is 17.6. The van der Waals surface area contributed by atoms with Gasteiger partial charge in [-0.05, 0) is 48.7 Å². The fourth-order valence-corrected chi connectivity index (χ4v) is 3.97. The minimum Gasteiger partial charge on any atom is -0.487 e. The Morgan fingerprint density at radius 1 is 1.09 bits per heavy atom. The highest BCUT2D eigenvalue weighted by Crippen LogP contribution is 2.28. The SMILES string of the molecule is O=C(Cc1ccccc1F)N1CC(Oc2ccc(-c3noc(C4CCOCC4)n3)cc2)C1. The van der Waals surface area contributed by atoms with Crippen molar-refractivity contribution >= 4 is 5.91 Å². The Balaban J connectivity index is 1.12. The van der Waals surface area contributed by atoms with Crippen molar-refractivity contribution in [3.05, 3.63) is 65.8 Å². The number of carbonyl (C=O) groups is 1. The molecule has 3 heterocycles. The molecule has 5 rings (SSSR count). The topological polar surface area (TPSA) is 77.7 Å². The van der Waals surface area contributed by atoms with Crippen molar-refractivity contribution in [1.29, 1.82) is 0 Å². The quantitative estimate of drug-likeness (QED) is 0.586. The van der Waals surface area contributed by atoms with Crippen LogP contribution in [0.1, 0.15) is 30.2 Å². The average Bonchev–Trinajstić information content (AvgIpc) is 3.29. The van der Waals surface area contributed by atoms with E-state index in [1.54, 1.807) is 23.1 Å². The van der Waals surface area contributed by atoms with Crippen molar-refractivity contribution in [1.82, 2.24) is 15.0 Å². The van der Waals surface area contributed by atoms with Gasteiger partial charge in [0, 0.05) is 24.7 Å². The zero-order chi connectivity index (χ0) is 21.9. The second-order valence-corrected chi connectivity index (χ2v) is 8.17. The summed E-state index contributed by atoms with van der Waals surface area (Å²) in [6, 6.07) is 13.9. The molecule has 0 aliphatic carbocycles. The lowest BCUT2D eigenvalue weighted by atomic mass is 10.0. The molecule has 0 atom stereocenters. The van der Waals surface area contributed by atoms with Crippen molar-refractivity contribution in [2.24, 2.45) is 0 Å². The average molecular weight is 437 g/mol. The molecule has 0 spiro atoms. The number of rotatable bonds is 6. The maximum atomic E-state index is 13.7. The van der Waals surface area contributed by atoms with E-state index in [1.807, 2.05) is 24.3 Å².